The standard InChI is InChI=1S/C24H28N4O2S/c1-3-4-9-19-10-12-20(13-11-19)21(15-25)16-26-14-7-5-6-8-18(2)28-24-27-17-22(31-24)23(29)30/h10-13,15-17,21,25H,3,5-8,14H2,1-2H3,(H,29,30). The van der Waals surface area contributed by atoms with E-state index < -0.39 is 5.97 Å². The molecule has 0 fully saturated rings. The first kappa shape index (κ1) is 24.2. The SMILES string of the molecule is CCC#Cc1ccc(C(C=N)C=NCCCCCC(C)=Nc2ncc(C(=O)O)s2)cc1. The number of benzene rings is 1. The van der Waals surface area contributed by atoms with E-state index in [1.165, 1.54) is 12.4 Å². The molecule has 0 bridgehead atoms. The first-order valence-electron chi connectivity index (χ1n) is 10.4. The number of aromatic carboxylic acids is 1. The van der Waals surface area contributed by atoms with Crippen LogP contribution in [0.4, 0.5) is 5.13 Å². The van der Waals surface area contributed by atoms with E-state index in [2.05, 4.69) is 26.8 Å². The van der Waals surface area contributed by atoms with Gasteiger partial charge in [0.25, 0.3) is 0 Å². The van der Waals surface area contributed by atoms with Crippen LogP contribution in [0.3, 0.4) is 0 Å². The summed E-state index contributed by atoms with van der Waals surface area (Å²) in [4.78, 5) is 24.0. The van der Waals surface area contributed by atoms with E-state index in [0.29, 0.717) is 5.13 Å². The van der Waals surface area contributed by atoms with E-state index in [1.807, 2.05) is 44.3 Å². The molecule has 1 atom stereocenters. The molecule has 0 radical (unpaired) electrons. The average molecular weight is 437 g/mol. The molecule has 7 heteroatoms. The van der Waals surface area contributed by atoms with Crippen molar-refractivity contribution in [3.63, 3.8) is 0 Å². The lowest BCUT2D eigenvalue weighted by atomic mass is 10.00. The number of hydrogen-bond donors (Lipinski definition) is 2. The van der Waals surface area contributed by atoms with Crippen LogP contribution < -0.4 is 0 Å². The van der Waals surface area contributed by atoms with Crippen LogP contribution in [0, 0.1) is 17.3 Å². The molecular weight excluding hydrogens is 408 g/mol. The first-order chi connectivity index (χ1) is 15.0. The summed E-state index contributed by atoms with van der Waals surface area (Å²) < 4.78 is 0. The van der Waals surface area contributed by atoms with Crippen LogP contribution in [-0.4, -0.2) is 40.7 Å². The van der Waals surface area contributed by atoms with Crippen molar-refractivity contribution in [2.24, 2.45) is 9.98 Å². The Labute approximate surface area is 187 Å². The van der Waals surface area contributed by atoms with Gasteiger partial charge in [0.1, 0.15) is 4.88 Å². The summed E-state index contributed by atoms with van der Waals surface area (Å²) in [6.07, 6.45) is 9.28. The topological polar surface area (TPSA) is 98.8 Å². The molecule has 0 saturated carbocycles. The summed E-state index contributed by atoms with van der Waals surface area (Å²) in [6.45, 7) is 4.70. The highest BCUT2D eigenvalue weighted by Crippen LogP contribution is 2.21. The Bertz CT molecular complexity index is 981. The second-order valence-corrected chi connectivity index (χ2v) is 8.00. The molecule has 2 rings (SSSR count). The lowest BCUT2D eigenvalue weighted by Crippen LogP contribution is -2.02. The maximum atomic E-state index is 10.9. The fourth-order valence-electron chi connectivity index (χ4n) is 2.79. The zero-order valence-corrected chi connectivity index (χ0v) is 18.8. The van der Waals surface area contributed by atoms with Crippen LogP contribution >= 0.6 is 11.3 Å². The fraction of sp³-hybridized carbons (Fsp3) is 0.375. The molecule has 0 aliphatic carbocycles. The molecule has 0 aliphatic rings. The highest BCUT2D eigenvalue weighted by Gasteiger charge is 2.08. The monoisotopic (exact) mass is 436 g/mol. The highest BCUT2D eigenvalue weighted by molar-refractivity contribution is 7.17. The number of carboxylic acid groups (broad SMARTS) is 1. The Hall–Kier alpha value is -3.11. The number of nitrogens with one attached hydrogen (secondary N) is 1. The predicted molar refractivity (Wildman–Crippen MR) is 129 cm³/mol. The van der Waals surface area contributed by atoms with Gasteiger partial charge in [-0.3, -0.25) is 4.99 Å². The van der Waals surface area contributed by atoms with Gasteiger partial charge < -0.3 is 10.5 Å². The number of rotatable bonds is 11. The van der Waals surface area contributed by atoms with Crippen LogP contribution in [0.15, 0.2) is 40.4 Å². The summed E-state index contributed by atoms with van der Waals surface area (Å²) in [5.74, 6) is 5.07. The maximum Gasteiger partial charge on any atom is 0.347 e. The molecule has 1 aromatic heterocycles. The third-order valence-electron chi connectivity index (χ3n) is 4.47. The Balaban J connectivity index is 1.71. The molecule has 1 aromatic carbocycles. The zero-order valence-electron chi connectivity index (χ0n) is 18.0. The zero-order chi connectivity index (χ0) is 22.5. The summed E-state index contributed by atoms with van der Waals surface area (Å²) in [5, 5.41) is 17.1. The summed E-state index contributed by atoms with van der Waals surface area (Å²) >= 11 is 1.08. The number of hydrogen-bond acceptors (Lipinski definition) is 6. The van der Waals surface area contributed by atoms with Gasteiger partial charge in [-0.15, -0.1) is 0 Å². The van der Waals surface area contributed by atoms with E-state index in [4.69, 9.17) is 10.5 Å². The van der Waals surface area contributed by atoms with Crippen molar-refractivity contribution in [2.75, 3.05) is 6.54 Å². The molecule has 6 nitrogen and oxygen atoms in total. The Morgan fingerprint density at radius 3 is 2.71 bits per heavy atom. The molecule has 1 heterocycles. The molecule has 162 valence electrons. The smallest absolute Gasteiger partial charge is 0.347 e. The maximum absolute atomic E-state index is 10.9. The van der Waals surface area contributed by atoms with Crippen molar-refractivity contribution in [1.29, 1.82) is 5.41 Å². The first-order valence-corrected chi connectivity index (χ1v) is 11.2. The van der Waals surface area contributed by atoms with Gasteiger partial charge in [-0.1, -0.05) is 48.7 Å². The average Bonchev–Trinajstić information content (AvgIpc) is 3.23. The van der Waals surface area contributed by atoms with E-state index in [-0.39, 0.29) is 10.8 Å². The second-order valence-electron chi connectivity index (χ2n) is 7.00. The molecule has 2 N–H and O–H groups in total. The minimum atomic E-state index is -0.972. The van der Waals surface area contributed by atoms with Crippen molar-refractivity contribution in [2.45, 2.75) is 51.9 Å². The normalized spacial score (nSPS) is 12.4. The largest absolute Gasteiger partial charge is 0.477 e. The van der Waals surface area contributed by atoms with E-state index in [1.54, 1.807) is 0 Å². The molecule has 1 unspecified atom stereocenters. The van der Waals surface area contributed by atoms with Crippen molar-refractivity contribution >= 4 is 40.6 Å². The molecule has 0 saturated heterocycles. The molecule has 31 heavy (non-hydrogen) atoms. The van der Waals surface area contributed by atoms with Crippen molar-refractivity contribution in [3.8, 4) is 11.8 Å². The lowest BCUT2D eigenvalue weighted by Gasteiger charge is -2.06. The molecule has 2 aromatic rings. The summed E-state index contributed by atoms with van der Waals surface area (Å²) in [5.41, 5.74) is 2.98. The Morgan fingerprint density at radius 1 is 1.29 bits per heavy atom. The number of unbranched alkanes of at least 4 members (excludes halogenated alkanes) is 2. The van der Waals surface area contributed by atoms with Crippen LogP contribution in [0.1, 0.15) is 72.7 Å². The number of aromatic nitrogens is 1. The number of nitrogens with zero attached hydrogens (tertiary/aromatic N) is 3. The van der Waals surface area contributed by atoms with Crippen LogP contribution in [0.5, 0.6) is 0 Å². The van der Waals surface area contributed by atoms with Gasteiger partial charge >= 0.3 is 5.97 Å². The van der Waals surface area contributed by atoms with Gasteiger partial charge in [-0.25, -0.2) is 14.8 Å². The number of carbonyl (C=O) groups is 1. The molecular formula is C24H28N4O2S. The van der Waals surface area contributed by atoms with Crippen molar-refractivity contribution in [1.82, 2.24) is 4.98 Å². The van der Waals surface area contributed by atoms with E-state index in [9.17, 15) is 4.79 Å². The molecule has 0 amide bonds. The third-order valence-corrected chi connectivity index (χ3v) is 5.35. The van der Waals surface area contributed by atoms with Crippen LogP contribution in [0.25, 0.3) is 0 Å². The second kappa shape index (κ2) is 13.2. The minimum absolute atomic E-state index is 0.114. The van der Waals surface area contributed by atoms with Crippen LogP contribution in [0.2, 0.25) is 0 Å². The third kappa shape index (κ3) is 8.65. The van der Waals surface area contributed by atoms with Crippen LogP contribution in [-0.2, 0) is 0 Å². The Kier molecular flexibility index (Phi) is 10.3. The summed E-state index contributed by atoms with van der Waals surface area (Å²) in [7, 11) is 0. The van der Waals surface area contributed by atoms with Gasteiger partial charge in [0.05, 0.1) is 12.1 Å². The van der Waals surface area contributed by atoms with Gasteiger partial charge in [-0.2, -0.15) is 0 Å². The van der Waals surface area contributed by atoms with Gasteiger partial charge in [0.15, 0.2) is 0 Å². The van der Waals surface area contributed by atoms with Gasteiger partial charge in [0, 0.05) is 36.7 Å². The lowest BCUT2D eigenvalue weighted by molar-refractivity contribution is 0.0702. The number of thiazole rings is 1. The summed E-state index contributed by atoms with van der Waals surface area (Å²) in [6, 6.07) is 7.98. The number of aliphatic imine (C=N–C) groups is 2. The van der Waals surface area contributed by atoms with Crippen molar-refractivity contribution in [3.05, 3.63) is 46.5 Å². The van der Waals surface area contributed by atoms with Gasteiger partial charge in [-0.05, 0) is 43.9 Å². The van der Waals surface area contributed by atoms with E-state index in [0.717, 1.165) is 66.8 Å². The van der Waals surface area contributed by atoms with E-state index >= 15 is 0 Å². The Morgan fingerprint density at radius 2 is 2.06 bits per heavy atom. The highest BCUT2D eigenvalue weighted by atomic mass is 32.1. The molecule has 0 aliphatic heterocycles. The fourth-order valence-corrected chi connectivity index (χ4v) is 3.48. The quantitative estimate of drug-likeness (QED) is 0.266. The molecule has 0 spiro atoms. The number of carboxylic acids is 1. The predicted octanol–water partition coefficient (Wildman–Crippen LogP) is 5.76. The van der Waals surface area contributed by atoms with Gasteiger partial charge in [0.2, 0.25) is 5.13 Å². The minimum Gasteiger partial charge on any atom is -0.477 e. The van der Waals surface area contributed by atoms with Crippen molar-refractivity contribution < 1.29 is 9.90 Å².